The van der Waals surface area contributed by atoms with Gasteiger partial charge in [-0.3, -0.25) is 0 Å². The normalized spacial score (nSPS) is 13.7. The highest BCUT2D eigenvalue weighted by molar-refractivity contribution is 5.85. The van der Waals surface area contributed by atoms with Gasteiger partial charge in [-0.25, -0.2) is 0 Å². The quantitative estimate of drug-likeness (QED) is 0.534. The maximum atomic E-state index is 9.69. The third-order valence-electron chi connectivity index (χ3n) is 4.92. The molecule has 2 N–H and O–H groups in total. The highest BCUT2D eigenvalue weighted by Crippen LogP contribution is 2.42. The summed E-state index contributed by atoms with van der Waals surface area (Å²) in [5.74, 6) is 0.285. The molecule has 4 aromatic rings. The molecule has 0 spiro atoms. The summed E-state index contributed by atoms with van der Waals surface area (Å²) in [4.78, 5) is 3.40. The molecule has 0 bridgehead atoms. The average molecular weight is 313 g/mol. The second-order valence-electron chi connectivity index (χ2n) is 6.29. The first-order chi connectivity index (χ1) is 11.7. The summed E-state index contributed by atoms with van der Waals surface area (Å²) < 4.78 is 0. The molecule has 24 heavy (non-hydrogen) atoms. The van der Waals surface area contributed by atoms with E-state index in [1.54, 1.807) is 12.1 Å². The van der Waals surface area contributed by atoms with Crippen molar-refractivity contribution in [1.29, 1.82) is 0 Å². The third-order valence-corrected chi connectivity index (χ3v) is 4.92. The smallest absolute Gasteiger partial charge is 0.115 e. The molecule has 2 heteroatoms. The van der Waals surface area contributed by atoms with Crippen LogP contribution in [0.1, 0.15) is 23.6 Å². The Hall–Kier alpha value is -3.00. The van der Waals surface area contributed by atoms with E-state index < -0.39 is 0 Å². The Kier molecular flexibility index (Phi) is 3.39. The molecule has 0 saturated heterocycles. The molecule has 0 aliphatic rings. The van der Waals surface area contributed by atoms with E-state index in [1.807, 2.05) is 24.3 Å². The summed E-state index contributed by atoms with van der Waals surface area (Å²) in [5.41, 5.74) is 4.43. The zero-order valence-corrected chi connectivity index (χ0v) is 13.5. The number of aromatic hydroxyl groups is 1. The SMILES string of the molecule is C[C@](c1ccccc1)(c1ccc(O)cc1)c1c[nH]c2ccccc12. The summed E-state index contributed by atoms with van der Waals surface area (Å²) >= 11 is 0. The monoisotopic (exact) mass is 313 g/mol. The van der Waals surface area contributed by atoms with Gasteiger partial charge in [-0.1, -0.05) is 60.7 Å². The van der Waals surface area contributed by atoms with Crippen molar-refractivity contribution in [2.45, 2.75) is 12.3 Å². The zero-order valence-electron chi connectivity index (χ0n) is 13.5. The first-order valence-corrected chi connectivity index (χ1v) is 8.11. The molecule has 0 aliphatic carbocycles. The highest BCUT2D eigenvalue weighted by atomic mass is 16.3. The van der Waals surface area contributed by atoms with Gasteiger partial charge in [-0.2, -0.15) is 0 Å². The van der Waals surface area contributed by atoms with Gasteiger partial charge in [0.25, 0.3) is 0 Å². The lowest BCUT2D eigenvalue weighted by Crippen LogP contribution is -2.24. The van der Waals surface area contributed by atoms with Gasteiger partial charge in [0.2, 0.25) is 0 Å². The Morgan fingerprint density at radius 2 is 1.38 bits per heavy atom. The first-order valence-electron chi connectivity index (χ1n) is 8.11. The topological polar surface area (TPSA) is 36.0 Å². The molecule has 0 radical (unpaired) electrons. The highest BCUT2D eigenvalue weighted by Gasteiger charge is 2.33. The fourth-order valence-corrected chi connectivity index (χ4v) is 3.53. The second kappa shape index (κ2) is 5.57. The second-order valence-corrected chi connectivity index (χ2v) is 6.29. The van der Waals surface area contributed by atoms with Crippen LogP contribution in [0.3, 0.4) is 0 Å². The minimum absolute atomic E-state index is 0.285. The van der Waals surface area contributed by atoms with Crippen molar-refractivity contribution >= 4 is 10.9 Å². The van der Waals surface area contributed by atoms with Crippen LogP contribution in [0.4, 0.5) is 0 Å². The van der Waals surface area contributed by atoms with Gasteiger partial charge < -0.3 is 10.1 Å². The van der Waals surface area contributed by atoms with Crippen LogP contribution in [0, 0.1) is 0 Å². The fourth-order valence-electron chi connectivity index (χ4n) is 3.53. The number of aromatic nitrogens is 1. The van der Waals surface area contributed by atoms with E-state index in [4.69, 9.17) is 0 Å². The number of hydrogen-bond donors (Lipinski definition) is 2. The van der Waals surface area contributed by atoms with Crippen LogP contribution < -0.4 is 0 Å². The van der Waals surface area contributed by atoms with E-state index >= 15 is 0 Å². The van der Waals surface area contributed by atoms with Crippen LogP contribution in [-0.2, 0) is 5.41 Å². The number of nitrogens with one attached hydrogen (secondary N) is 1. The molecule has 0 amide bonds. The lowest BCUT2D eigenvalue weighted by Gasteiger charge is -2.31. The number of phenolic OH excluding ortho intramolecular Hbond substituents is 1. The number of H-pyrrole nitrogens is 1. The molecule has 1 aromatic heterocycles. The molecule has 3 aromatic carbocycles. The number of fused-ring (bicyclic) bond motifs is 1. The molecule has 1 atom stereocenters. The van der Waals surface area contributed by atoms with E-state index in [2.05, 4.69) is 60.6 Å². The van der Waals surface area contributed by atoms with Crippen LogP contribution in [0.5, 0.6) is 5.75 Å². The van der Waals surface area contributed by atoms with Crippen LogP contribution in [0.15, 0.2) is 85.1 Å². The summed E-state index contributed by atoms with van der Waals surface area (Å²) in [6, 6.07) is 26.4. The number of para-hydroxylation sites is 1. The Balaban J connectivity index is 2.02. The fraction of sp³-hybridized carbons (Fsp3) is 0.0909. The maximum absolute atomic E-state index is 9.69. The lowest BCUT2D eigenvalue weighted by atomic mass is 9.71. The summed E-state index contributed by atoms with van der Waals surface area (Å²) in [7, 11) is 0. The largest absolute Gasteiger partial charge is 0.508 e. The van der Waals surface area contributed by atoms with E-state index in [0.717, 1.165) is 11.1 Å². The lowest BCUT2D eigenvalue weighted by molar-refractivity contribution is 0.474. The Morgan fingerprint density at radius 1 is 0.750 bits per heavy atom. The summed E-state index contributed by atoms with van der Waals surface area (Å²) in [6.45, 7) is 2.24. The molecular formula is C22H19NO. The van der Waals surface area contributed by atoms with Crippen molar-refractivity contribution in [3.05, 3.63) is 102 Å². The minimum Gasteiger partial charge on any atom is -0.508 e. The predicted octanol–water partition coefficient (Wildman–Crippen LogP) is 5.23. The van der Waals surface area contributed by atoms with Gasteiger partial charge in [-0.15, -0.1) is 0 Å². The third kappa shape index (κ3) is 2.19. The Bertz CT molecular complexity index is 970. The molecule has 0 fully saturated rings. The molecule has 4 rings (SSSR count). The number of hydrogen-bond acceptors (Lipinski definition) is 1. The standard InChI is InChI=1S/C22H19NO/c1-22(16-7-3-2-4-8-16,17-11-13-18(24)14-12-17)20-15-23-21-10-6-5-9-19(20)21/h2-15,23-24H,1H3/t22-/m0/s1. The van der Waals surface area contributed by atoms with Gasteiger partial charge in [0.05, 0.1) is 0 Å². The Labute approximate surface area is 141 Å². The van der Waals surface area contributed by atoms with Crippen molar-refractivity contribution in [3.8, 4) is 5.75 Å². The van der Waals surface area contributed by atoms with Crippen molar-refractivity contribution in [2.75, 3.05) is 0 Å². The number of rotatable bonds is 3. The van der Waals surface area contributed by atoms with Crippen molar-refractivity contribution < 1.29 is 5.11 Å². The van der Waals surface area contributed by atoms with Crippen molar-refractivity contribution in [2.24, 2.45) is 0 Å². The van der Waals surface area contributed by atoms with E-state index in [1.165, 1.54) is 16.5 Å². The molecule has 0 unspecified atom stereocenters. The number of phenols is 1. The van der Waals surface area contributed by atoms with Crippen LogP contribution in [-0.4, -0.2) is 10.1 Å². The van der Waals surface area contributed by atoms with Crippen molar-refractivity contribution in [3.63, 3.8) is 0 Å². The minimum atomic E-state index is -0.311. The van der Waals surface area contributed by atoms with Crippen LogP contribution in [0.25, 0.3) is 10.9 Å². The maximum Gasteiger partial charge on any atom is 0.115 e. The molecule has 118 valence electrons. The van der Waals surface area contributed by atoms with Crippen LogP contribution >= 0.6 is 0 Å². The summed E-state index contributed by atoms with van der Waals surface area (Å²) in [6.07, 6.45) is 2.10. The molecular weight excluding hydrogens is 294 g/mol. The van der Waals surface area contributed by atoms with Gasteiger partial charge in [0.1, 0.15) is 5.75 Å². The molecule has 0 aliphatic heterocycles. The van der Waals surface area contributed by atoms with Crippen LogP contribution in [0.2, 0.25) is 0 Å². The number of aromatic amines is 1. The predicted molar refractivity (Wildman–Crippen MR) is 98.4 cm³/mol. The van der Waals surface area contributed by atoms with Gasteiger partial charge >= 0.3 is 0 Å². The average Bonchev–Trinajstić information content (AvgIpc) is 3.07. The van der Waals surface area contributed by atoms with E-state index in [-0.39, 0.29) is 11.2 Å². The van der Waals surface area contributed by atoms with Gasteiger partial charge in [0, 0.05) is 22.5 Å². The Morgan fingerprint density at radius 3 is 2.12 bits per heavy atom. The van der Waals surface area contributed by atoms with E-state index in [9.17, 15) is 5.11 Å². The van der Waals surface area contributed by atoms with Crippen molar-refractivity contribution in [1.82, 2.24) is 4.98 Å². The molecule has 2 nitrogen and oxygen atoms in total. The molecule has 0 saturated carbocycles. The van der Waals surface area contributed by atoms with Gasteiger partial charge in [0.15, 0.2) is 0 Å². The first kappa shape index (κ1) is 14.6. The zero-order chi connectivity index (χ0) is 16.6. The van der Waals surface area contributed by atoms with E-state index in [0.29, 0.717) is 0 Å². The molecule has 1 heterocycles. The summed E-state index contributed by atoms with van der Waals surface area (Å²) in [5, 5.41) is 10.9. The number of benzene rings is 3. The van der Waals surface area contributed by atoms with Gasteiger partial charge in [-0.05, 0) is 41.8 Å².